The van der Waals surface area contributed by atoms with Gasteiger partial charge in [0.1, 0.15) is 11.5 Å². The Morgan fingerprint density at radius 2 is 1.83 bits per heavy atom. The Hall–Kier alpha value is -2.29. The lowest BCUT2D eigenvalue weighted by atomic mass is 9.80. The highest BCUT2D eigenvalue weighted by Crippen LogP contribution is 2.44. The first-order valence-corrected chi connectivity index (χ1v) is 7.99. The van der Waals surface area contributed by atoms with E-state index in [9.17, 15) is 4.79 Å². The number of aryl methyl sites for hydroxylation is 1. The monoisotopic (exact) mass is 310 g/mol. The maximum Gasteiger partial charge on any atom is 0.312 e. The lowest BCUT2D eigenvalue weighted by Gasteiger charge is -2.29. The Morgan fingerprint density at radius 3 is 2.43 bits per heavy atom. The number of hydrogen-bond donors (Lipinski definition) is 0. The highest BCUT2D eigenvalue weighted by Gasteiger charge is 2.32. The average molecular weight is 310 g/mol. The van der Waals surface area contributed by atoms with Gasteiger partial charge < -0.3 is 9.47 Å². The third-order valence-corrected chi connectivity index (χ3v) is 4.50. The van der Waals surface area contributed by atoms with Crippen molar-refractivity contribution in [2.75, 3.05) is 7.11 Å². The van der Waals surface area contributed by atoms with E-state index in [4.69, 9.17) is 9.47 Å². The standard InChI is InChI=1S/C20H22O3/c1-12(2)16-10-5-13(3)20-19(16)17(11-18(21)23-20)14-6-8-15(22-4)9-7-14/h5-10,12,17H,11H2,1-4H3. The predicted molar refractivity (Wildman–Crippen MR) is 90.4 cm³/mol. The number of carbonyl (C=O) groups is 1. The summed E-state index contributed by atoms with van der Waals surface area (Å²) in [4.78, 5) is 12.1. The number of hydrogen-bond acceptors (Lipinski definition) is 3. The van der Waals surface area contributed by atoms with E-state index < -0.39 is 0 Å². The number of rotatable bonds is 3. The summed E-state index contributed by atoms with van der Waals surface area (Å²) >= 11 is 0. The first-order chi connectivity index (χ1) is 11.0. The number of methoxy groups -OCH3 is 1. The van der Waals surface area contributed by atoms with Gasteiger partial charge in [0.05, 0.1) is 13.5 Å². The smallest absolute Gasteiger partial charge is 0.312 e. The summed E-state index contributed by atoms with van der Waals surface area (Å²) in [6.45, 7) is 6.34. The molecule has 0 bridgehead atoms. The molecule has 2 aromatic rings. The van der Waals surface area contributed by atoms with Crippen LogP contribution in [0.5, 0.6) is 11.5 Å². The number of carbonyl (C=O) groups excluding carboxylic acids is 1. The first-order valence-electron chi connectivity index (χ1n) is 7.99. The maximum absolute atomic E-state index is 12.1. The van der Waals surface area contributed by atoms with Crippen LogP contribution in [0.1, 0.15) is 54.4 Å². The third-order valence-electron chi connectivity index (χ3n) is 4.50. The van der Waals surface area contributed by atoms with Crippen LogP contribution in [0.25, 0.3) is 0 Å². The van der Waals surface area contributed by atoms with Crippen molar-refractivity contribution in [2.24, 2.45) is 0 Å². The van der Waals surface area contributed by atoms with E-state index in [0.29, 0.717) is 12.3 Å². The average Bonchev–Trinajstić information content (AvgIpc) is 2.55. The molecule has 0 N–H and O–H groups in total. The van der Waals surface area contributed by atoms with E-state index in [1.165, 1.54) is 5.56 Å². The van der Waals surface area contributed by atoms with Crippen molar-refractivity contribution in [3.05, 3.63) is 58.7 Å². The molecule has 0 saturated heterocycles. The summed E-state index contributed by atoms with van der Waals surface area (Å²) in [7, 11) is 1.66. The van der Waals surface area contributed by atoms with Crippen molar-refractivity contribution in [2.45, 2.75) is 39.0 Å². The number of esters is 1. The fraction of sp³-hybridized carbons (Fsp3) is 0.350. The fourth-order valence-electron chi connectivity index (χ4n) is 3.27. The molecule has 1 aliphatic heterocycles. The summed E-state index contributed by atoms with van der Waals surface area (Å²) in [5.74, 6) is 1.81. The lowest BCUT2D eigenvalue weighted by Crippen LogP contribution is -2.23. The van der Waals surface area contributed by atoms with Gasteiger partial charge in [-0.05, 0) is 41.7 Å². The Labute approximate surface area is 137 Å². The Kier molecular flexibility index (Phi) is 4.12. The van der Waals surface area contributed by atoms with Crippen LogP contribution in [0.4, 0.5) is 0 Å². The van der Waals surface area contributed by atoms with Crippen molar-refractivity contribution in [1.29, 1.82) is 0 Å². The van der Waals surface area contributed by atoms with Gasteiger partial charge in [-0.25, -0.2) is 0 Å². The normalized spacial score (nSPS) is 16.9. The van der Waals surface area contributed by atoms with Gasteiger partial charge in [0.15, 0.2) is 0 Å². The van der Waals surface area contributed by atoms with Gasteiger partial charge in [-0.1, -0.05) is 38.1 Å². The van der Waals surface area contributed by atoms with Gasteiger partial charge in [-0.2, -0.15) is 0 Å². The van der Waals surface area contributed by atoms with Crippen LogP contribution >= 0.6 is 0 Å². The molecule has 1 atom stereocenters. The van der Waals surface area contributed by atoms with E-state index >= 15 is 0 Å². The van der Waals surface area contributed by atoms with E-state index in [2.05, 4.69) is 19.9 Å². The molecule has 0 radical (unpaired) electrons. The molecule has 3 heteroatoms. The summed E-state index contributed by atoms with van der Waals surface area (Å²) < 4.78 is 10.8. The number of benzene rings is 2. The zero-order chi connectivity index (χ0) is 16.6. The molecule has 2 aromatic carbocycles. The quantitative estimate of drug-likeness (QED) is 0.615. The van der Waals surface area contributed by atoms with E-state index in [1.807, 2.05) is 37.3 Å². The Morgan fingerprint density at radius 1 is 1.13 bits per heavy atom. The zero-order valence-electron chi connectivity index (χ0n) is 14.1. The number of ether oxygens (including phenoxy) is 2. The van der Waals surface area contributed by atoms with Crippen molar-refractivity contribution >= 4 is 5.97 Å². The van der Waals surface area contributed by atoms with Crippen LogP contribution in [-0.4, -0.2) is 13.1 Å². The molecule has 1 heterocycles. The minimum atomic E-state index is -0.165. The topological polar surface area (TPSA) is 35.5 Å². The molecule has 0 aliphatic carbocycles. The SMILES string of the molecule is COc1ccc(C2CC(=O)Oc3c(C)ccc(C(C)C)c32)cc1. The van der Waals surface area contributed by atoms with E-state index in [1.54, 1.807) is 7.11 Å². The molecule has 3 nitrogen and oxygen atoms in total. The zero-order valence-corrected chi connectivity index (χ0v) is 14.1. The van der Waals surface area contributed by atoms with Gasteiger partial charge in [-0.15, -0.1) is 0 Å². The van der Waals surface area contributed by atoms with Crippen molar-refractivity contribution in [3.63, 3.8) is 0 Å². The second-order valence-electron chi connectivity index (χ2n) is 6.37. The van der Waals surface area contributed by atoms with Gasteiger partial charge in [0, 0.05) is 11.5 Å². The fourth-order valence-corrected chi connectivity index (χ4v) is 3.27. The molecular formula is C20H22O3. The maximum atomic E-state index is 12.1. The van der Waals surface area contributed by atoms with Crippen LogP contribution in [0.15, 0.2) is 36.4 Å². The van der Waals surface area contributed by atoms with Crippen LogP contribution in [0, 0.1) is 6.92 Å². The summed E-state index contributed by atoms with van der Waals surface area (Å²) in [6.07, 6.45) is 0.377. The molecule has 0 saturated carbocycles. The highest BCUT2D eigenvalue weighted by molar-refractivity contribution is 5.79. The highest BCUT2D eigenvalue weighted by atomic mass is 16.5. The van der Waals surface area contributed by atoms with Gasteiger partial charge >= 0.3 is 5.97 Å². The Bertz CT molecular complexity index is 729. The molecule has 3 rings (SSSR count). The molecule has 120 valence electrons. The second kappa shape index (κ2) is 6.07. The minimum absolute atomic E-state index is 0.0365. The molecule has 1 unspecified atom stereocenters. The molecular weight excluding hydrogens is 288 g/mol. The largest absolute Gasteiger partial charge is 0.497 e. The van der Waals surface area contributed by atoms with Gasteiger partial charge in [0.2, 0.25) is 0 Å². The van der Waals surface area contributed by atoms with Crippen LogP contribution in [0.2, 0.25) is 0 Å². The molecule has 1 aliphatic rings. The van der Waals surface area contributed by atoms with Crippen molar-refractivity contribution in [1.82, 2.24) is 0 Å². The van der Waals surface area contributed by atoms with Crippen molar-refractivity contribution < 1.29 is 14.3 Å². The second-order valence-corrected chi connectivity index (χ2v) is 6.37. The minimum Gasteiger partial charge on any atom is -0.497 e. The Balaban J connectivity index is 2.16. The molecule has 0 amide bonds. The summed E-state index contributed by atoms with van der Waals surface area (Å²) in [5, 5.41) is 0. The molecule has 0 aromatic heterocycles. The molecule has 0 fully saturated rings. The van der Waals surface area contributed by atoms with Crippen LogP contribution in [0.3, 0.4) is 0 Å². The third kappa shape index (κ3) is 2.83. The first kappa shape index (κ1) is 15.6. The molecule has 0 spiro atoms. The lowest BCUT2D eigenvalue weighted by molar-refractivity contribution is -0.135. The van der Waals surface area contributed by atoms with Gasteiger partial charge in [-0.3, -0.25) is 4.79 Å². The molecule has 23 heavy (non-hydrogen) atoms. The summed E-state index contributed by atoms with van der Waals surface area (Å²) in [5.41, 5.74) is 4.54. The van der Waals surface area contributed by atoms with Gasteiger partial charge in [0.25, 0.3) is 0 Å². The van der Waals surface area contributed by atoms with Crippen LogP contribution < -0.4 is 9.47 Å². The van der Waals surface area contributed by atoms with Crippen LogP contribution in [-0.2, 0) is 4.79 Å². The van der Waals surface area contributed by atoms with E-state index in [-0.39, 0.29) is 11.9 Å². The summed E-state index contributed by atoms with van der Waals surface area (Å²) in [6, 6.07) is 12.2. The van der Waals surface area contributed by atoms with Crippen molar-refractivity contribution in [3.8, 4) is 11.5 Å². The van der Waals surface area contributed by atoms with E-state index in [0.717, 1.165) is 28.2 Å². The predicted octanol–water partition coefficient (Wildman–Crippen LogP) is 4.57. The number of fused-ring (bicyclic) bond motifs is 1.